The molecule has 1 saturated carbocycles. The van der Waals surface area contributed by atoms with Gasteiger partial charge >= 0.3 is 0 Å². The Bertz CT molecular complexity index is 378. The minimum Gasteiger partial charge on any atom is -0.337 e. The van der Waals surface area contributed by atoms with E-state index in [2.05, 4.69) is 4.98 Å². The maximum Gasteiger partial charge on any atom is 0.183 e. The molecule has 1 aliphatic rings. The van der Waals surface area contributed by atoms with Crippen LogP contribution in [0.2, 0.25) is 0 Å². The quantitative estimate of drug-likeness (QED) is 0.812. The SMILES string of the molecule is CCn1cnc(C(=O)CC2CCC(N)CC2)c1. The van der Waals surface area contributed by atoms with Crippen LogP contribution in [0, 0.1) is 5.92 Å². The number of nitrogens with zero attached hydrogens (tertiary/aromatic N) is 2. The number of nitrogens with two attached hydrogens (primary N) is 1. The van der Waals surface area contributed by atoms with Gasteiger partial charge in [0.2, 0.25) is 0 Å². The standard InChI is InChI=1S/C13H21N3O/c1-2-16-8-12(15-9-16)13(17)7-10-3-5-11(14)6-4-10/h8-11H,2-7,14H2,1H3. The Kier molecular flexibility index (Phi) is 3.94. The van der Waals surface area contributed by atoms with Gasteiger partial charge in [-0.3, -0.25) is 4.79 Å². The van der Waals surface area contributed by atoms with Crippen molar-refractivity contribution in [1.82, 2.24) is 9.55 Å². The zero-order valence-electron chi connectivity index (χ0n) is 10.4. The smallest absolute Gasteiger partial charge is 0.183 e. The lowest BCUT2D eigenvalue weighted by molar-refractivity contribution is 0.0943. The Labute approximate surface area is 102 Å². The summed E-state index contributed by atoms with van der Waals surface area (Å²) in [5, 5.41) is 0. The molecule has 17 heavy (non-hydrogen) atoms. The number of carbonyl (C=O) groups excluding carboxylic acids is 1. The highest BCUT2D eigenvalue weighted by atomic mass is 16.1. The second kappa shape index (κ2) is 5.45. The summed E-state index contributed by atoms with van der Waals surface area (Å²) in [6, 6.07) is 0.348. The topological polar surface area (TPSA) is 60.9 Å². The molecule has 1 fully saturated rings. The van der Waals surface area contributed by atoms with Gasteiger partial charge in [0.05, 0.1) is 6.33 Å². The maximum absolute atomic E-state index is 12.0. The van der Waals surface area contributed by atoms with Gasteiger partial charge in [-0.25, -0.2) is 4.98 Å². The average Bonchev–Trinajstić information content (AvgIpc) is 2.81. The molecule has 1 aromatic heterocycles. The fourth-order valence-corrected chi connectivity index (χ4v) is 2.44. The third kappa shape index (κ3) is 3.16. The minimum absolute atomic E-state index is 0.178. The summed E-state index contributed by atoms with van der Waals surface area (Å²) in [6.45, 7) is 2.90. The highest BCUT2D eigenvalue weighted by molar-refractivity contribution is 5.94. The summed E-state index contributed by atoms with van der Waals surface area (Å²) < 4.78 is 1.93. The summed E-state index contributed by atoms with van der Waals surface area (Å²) in [7, 11) is 0. The van der Waals surface area contributed by atoms with Gasteiger partial charge in [-0.1, -0.05) is 0 Å². The molecule has 0 bridgehead atoms. The normalized spacial score (nSPS) is 24.8. The molecule has 94 valence electrons. The molecule has 1 aliphatic carbocycles. The Morgan fingerprint density at radius 3 is 2.76 bits per heavy atom. The number of hydrogen-bond donors (Lipinski definition) is 1. The monoisotopic (exact) mass is 235 g/mol. The number of ketones is 1. The molecule has 1 heterocycles. The van der Waals surface area contributed by atoms with Crippen molar-refractivity contribution < 1.29 is 4.79 Å². The summed E-state index contributed by atoms with van der Waals surface area (Å²) in [5.74, 6) is 0.687. The van der Waals surface area contributed by atoms with Gasteiger partial charge in [0, 0.05) is 25.2 Å². The molecule has 0 radical (unpaired) electrons. The fourth-order valence-electron chi connectivity index (χ4n) is 2.44. The van der Waals surface area contributed by atoms with Crippen LogP contribution >= 0.6 is 0 Å². The zero-order chi connectivity index (χ0) is 12.3. The highest BCUT2D eigenvalue weighted by Crippen LogP contribution is 2.26. The molecule has 1 aromatic rings. The Hall–Kier alpha value is -1.16. The summed E-state index contributed by atoms with van der Waals surface area (Å²) in [4.78, 5) is 16.2. The van der Waals surface area contributed by atoms with Crippen LogP contribution in [0.4, 0.5) is 0 Å². The Balaban J connectivity index is 1.88. The molecule has 0 saturated heterocycles. The number of hydrogen-bond acceptors (Lipinski definition) is 3. The predicted octanol–water partition coefficient (Wildman–Crippen LogP) is 1.99. The van der Waals surface area contributed by atoms with E-state index < -0.39 is 0 Å². The van der Waals surface area contributed by atoms with Crippen LogP contribution < -0.4 is 5.73 Å². The molecule has 2 rings (SSSR count). The lowest BCUT2D eigenvalue weighted by Gasteiger charge is -2.25. The van der Waals surface area contributed by atoms with E-state index in [0.29, 0.717) is 24.1 Å². The van der Waals surface area contributed by atoms with E-state index in [1.807, 2.05) is 17.7 Å². The van der Waals surface area contributed by atoms with E-state index >= 15 is 0 Å². The number of aryl methyl sites for hydroxylation is 1. The van der Waals surface area contributed by atoms with Gasteiger partial charge in [0.1, 0.15) is 5.69 Å². The lowest BCUT2D eigenvalue weighted by atomic mass is 9.83. The predicted molar refractivity (Wildman–Crippen MR) is 66.8 cm³/mol. The molecular formula is C13H21N3O. The third-order valence-corrected chi connectivity index (χ3v) is 3.65. The zero-order valence-corrected chi connectivity index (χ0v) is 10.4. The van der Waals surface area contributed by atoms with Crippen molar-refractivity contribution in [3.05, 3.63) is 18.2 Å². The number of aromatic nitrogens is 2. The molecule has 0 amide bonds. The van der Waals surface area contributed by atoms with Crippen LogP contribution in [0.1, 0.15) is 49.5 Å². The summed E-state index contributed by atoms with van der Waals surface area (Å²) >= 11 is 0. The van der Waals surface area contributed by atoms with Crippen molar-refractivity contribution in [2.75, 3.05) is 0 Å². The van der Waals surface area contributed by atoms with E-state index in [9.17, 15) is 4.79 Å². The van der Waals surface area contributed by atoms with Crippen molar-refractivity contribution >= 4 is 5.78 Å². The maximum atomic E-state index is 12.0. The first-order valence-corrected chi connectivity index (χ1v) is 6.49. The van der Waals surface area contributed by atoms with Crippen LogP contribution in [0.5, 0.6) is 0 Å². The van der Waals surface area contributed by atoms with Gasteiger partial charge in [0.15, 0.2) is 5.78 Å². The molecule has 4 heteroatoms. The van der Waals surface area contributed by atoms with Crippen LogP contribution in [0.15, 0.2) is 12.5 Å². The van der Waals surface area contributed by atoms with Gasteiger partial charge in [-0.2, -0.15) is 0 Å². The second-order valence-corrected chi connectivity index (χ2v) is 5.00. The van der Waals surface area contributed by atoms with Crippen molar-refractivity contribution in [2.45, 2.75) is 51.6 Å². The van der Waals surface area contributed by atoms with Crippen molar-refractivity contribution in [1.29, 1.82) is 0 Å². The molecule has 0 aromatic carbocycles. The fraction of sp³-hybridized carbons (Fsp3) is 0.692. The van der Waals surface area contributed by atoms with Crippen LogP contribution in [-0.2, 0) is 6.54 Å². The van der Waals surface area contributed by atoms with E-state index in [1.54, 1.807) is 6.33 Å². The third-order valence-electron chi connectivity index (χ3n) is 3.65. The number of imidazole rings is 1. The number of rotatable bonds is 4. The van der Waals surface area contributed by atoms with Crippen LogP contribution in [0.3, 0.4) is 0 Å². The Morgan fingerprint density at radius 1 is 1.47 bits per heavy atom. The highest BCUT2D eigenvalue weighted by Gasteiger charge is 2.22. The summed E-state index contributed by atoms with van der Waals surface area (Å²) in [6.07, 6.45) is 8.49. The molecule has 0 aliphatic heterocycles. The summed E-state index contributed by atoms with van der Waals surface area (Å²) in [5.41, 5.74) is 6.47. The first-order valence-electron chi connectivity index (χ1n) is 6.49. The first kappa shape index (κ1) is 12.3. The largest absolute Gasteiger partial charge is 0.337 e. The molecule has 0 unspecified atom stereocenters. The van der Waals surface area contributed by atoms with Gasteiger partial charge in [-0.15, -0.1) is 0 Å². The van der Waals surface area contributed by atoms with E-state index in [0.717, 1.165) is 32.2 Å². The van der Waals surface area contributed by atoms with Crippen molar-refractivity contribution in [3.8, 4) is 0 Å². The van der Waals surface area contributed by atoms with Gasteiger partial charge in [-0.05, 0) is 38.5 Å². The first-order chi connectivity index (χ1) is 8.19. The molecule has 0 atom stereocenters. The average molecular weight is 235 g/mol. The van der Waals surface area contributed by atoms with Crippen LogP contribution in [-0.4, -0.2) is 21.4 Å². The van der Waals surface area contributed by atoms with E-state index in [-0.39, 0.29) is 5.78 Å². The Morgan fingerprint density at radius 2 is 2.18 bits per heavy atom. The molecule has 2 N–H and O–H groups in total. The van der Waals surface area contributed by atoms with Crippen molar-refractivity contribution in [3.63, 3.8) is 0 Å². The van der Waals surface area contributed by atoms with Crippen LogP contribution in [0.25, 0.3) is 0 Å². The van der Waals surface area contributed by atoms with E-state index in [4.69, 9.17) is 5.73 Å². The second-order valence-electron chi connectivity index (χ2n) is 5.00. The molecular weight excluding hydrogens is 214 g/mol. The lowest BCUT2D eigenvalue weighted by Crippen LogP contribution is -2.27. The van der Waals surface area contributed by atoms with E-state index in [1.165, 1.54) is 0 Å². The molecule has 4 nitrogen and oxygen atoms in total. The number of carbonyl (C=O) groups is 1. The minimum atomic E-state index is 0.178. The molecule has 0 spiro atoms. The number of Topliss-reactive ketones (excluding diaryl/α,β-unsaturated/α-hetero) is 1. The van der Waals surface area contributed by atoms with Gasteiger partial charge < -0.3 is 10.3 Å². The van der Waals surface area contributed by atoms with Gasteiger partial charge in [0.25, 0.3) is 0 Å². The van der Waals surface area contributed by atoms with Crippen molar-refractivity contribution in [2.24, 2.45) is 11.7 Å².